The Labute approximate surface area is 113 Å². The molecule has 0 radical (unpaired) electrons. The molecule has 0 saturated heterocycles. The molecule has 4 nitrogen and oxygen atoms in total. The van der Waals surface area contributed by atoms with Gasteiger partial charge in [0, 0.05) is 0 Å². The molecule has 0 amide bonds. The summed E-state index contributed by atoms with van der Waals surface area (Å²) in [5, 5.41) is 4.08. The summed E-state index contributed by atoms with van der Waals surface area (Å²) < 4.78 is 0. The van der Waals surface area contributed by atoms with Gasteiger partial charge in [0.25, 0.3) is 0 Å². The van der Waals surface area contributed by atoms with E-state index in [4.69, 9.17) is 40.5 Å². The van der Waals surface area contributed by atoms with Gasteiger partial charge in [-0.25, -0.2) is 9.97 Å². The fraction of sp³-hybridized carbons (Fsp3) is 0. The Morgan fingerprint density at radius 3 is 2.35 bits per heavy atom. The van der Waals surface area contributed by atoms with Crippen molar-refractivity contribution in [1.82, 2.24) is 9.97 Å². The number of aromatic nitrogens is 2. The van der Waals surface area contributed by atoms with Crippen LogP contribution in [-0.2, 0) is 0 Å². The predicted octanol–water partition coefficient (Wildman–Crippen LogP) is 3.76. The van der Waals surface area contributed by atoms with Crippen molar-refractivity contribution in [3.63, 3.8) is 0 Å². The Kier molecular flexibility index (Phi) is 3.57. The third-order valence-electron chi connectivity index (χ3n) is 2.02. The number of nitrogens with one attached hydrogen (secondary N) is 1. The standard InChI is InChI=1S/C10H7Cl3N4/c11-5-2-1-3-6(12)8(5)17-10-7(13)9(14)15-4-16-10/h1-4H,(H3,14,15,16,17). The largest absolute Gasteiger partial charge is 0.382 e. The van der Waals surface area contributed by atoms with Gasteiger partial charge in [0.05, 0.1) is 15.7 Å². The molecule has 17 heavy (non-hydrogen) atoms. The SMILES string of the molecule is Nc1ncnc(Nc2c(Cl)cccc2Cl)c1Cl. The third kappa shape index (κ3) is 2.54. The molecule has 0 aliphatic heterocycles. The molecule has 88 valence electrons. The van der Waals surface area contributed by atoms with Crippen LogP contribution in [0.15, 0.2) is 24.5 Å². The van der Waals surface area contributed by atoms with E-state index in [1.165, 1.54) is 6.33 Å². The molecule has 0 saturated carbocycles. The number of anilines is 3. The Bertz CT molecular complexity index is 539. The van der Waals surface area contributed by atoms with E-state index in [0.717, 1.165) is 0 Å². The van der Waals surface area contributed by atoms with Crippen molar-refractivity contribution in [2.24, 2.45) is 0 Å². The minimum atomic E-state index is 0.187. The van der Waals surface area contributed by atoms with Crippen molar-refractivity contribution in [2.75, 3.05) is 11.1 Å². The zero-order valence-electron chi connectivity index (χ0n) is 8.42. The minimum absolute atomic E-state index is 0.187. The summed E-state index contributed by atoms with van der Waals surface area (Å²) in [6, 6.07) is 5.15. The van der Waals surface area contributed by atoms with E-state index in [-0.39, 0.29) is 10.8 Å². The van der Waals surface area contributed by atoms with Crippen molar-refractivity contribution >= 4 is 52.1 Å². The quantitative estimate of drug-likeness (QED) is 0.883. The van der Waals surface area contributed by atoms with Gasteiger partial charge in [-0.15, -0.1) is 0 Å². The first kappa shape index (κ1) is 12.2. The third-order valence-corrected chi connectivity index (χ3v) is 3.03. The van der Waals surface area contributed by atoms with Crippen LogP contribution in [0.5, 0.6) is 0 Å². The van der Waals surface area contributed by atoms with E-state index in [1.54, 1.807) is 18.2 Å². The lowest BCUT2D eigenvalue weighted by Crippen LogP contribution is -2.00. The second-order valence-electron chi connectivity index (χ2n) is 3.14. The van der Waals surface area contributed by atoms with E-state index >= 15 is 0 Å². The molecule has 0 fully saturated rings. The summed E-state index contributed by atoms with van der Waals surface area (Å²) in [4.78, 5) is 7.72. The van der Waals surface area contributed by atoms with Gasteiger partial charge >= 0.3 is 0 Å². The highest BCUT2D eigenvalue weighted by atomic mass is 35.5. The van der Waals surface area contributed by atoms with E-state index < -0.39 is 0 Å². The lowest BCUT2D eigenvalue weighted by molar-refractivity contribution is 1.18. The summed E-state index contributed by atoms with van der Waals surface area (Å²) in [6.07, 6.45) is 1.30. The van der Waals surface area contributed by atoms with Gasteiger partial charge in [0.2, 0.25) is 0 Å². The molecule has 1 aromatic heterocycles. The van der Waals surface area contributed by atoms with Crippen molar-refractivity contribution in [2.45, 2.75) is 0 Å². The lowest BCUT2D eigenvalue weighted by Gasteiger charge is -2.10. The Morgan fingerprint density at radius 1 is 1.06 bits per heavy atom. The van der Waals surface area contributed by atoms with Crippen LogP contribution in [0.2, 0.25) is 15.1 Å². The van der Waals surface area contributed by atoms with E-state index in [1.807, 2.05) is 0 Å². The molecule has 0 spiro atoms. The molecule has 2 rings (SSSR count). The van der Waals surface area contributed by atoms with Crippen LogP contribution < -0.4 is 11.1 Å². The summed E-state index contributed by atoms with van der Waals surface area (Å²) >= 11 is 18.0. The number of nitrogens with two attached hydrogens (primary N) is 1. The topological polar surface area (TPSA) is 63.8 Å². The molecule has 0 bridgehead atoms. The molecule has 0 atom stereocenters. The van der Waals surface area contributed by atoms with Gasteiger partial charge in [-0.3, -0.25) is 0 Å². The van der Waals surface area contributed by atoms with Crippen molar-refractivity contribution in [3.8, 4) is 0 Å². The van der Waals surface area contributed by atoms with E-state index in [9.17, 15) is 0 Å². The number of nitrogens with zero attached hydrogens (tertiary/aromatic N) is 2. The maximum absolute atomic E-state index is 6.01. The van der Waals surface area contributed by atoms with Crippen LogP contribution in [-0.4, -0.2) is 9.97 Å². The molecular formula is C10H7Cl3N4. The lowest BCUT2D eigenvalue weighted by atomic mass is 10.3. The van der Waals surface area contributed by atoms with Gasteiger partial charge in [0.15, 0.2) is 5.82 Å². The van der Waals surface area contributed by atoms with E-state index in [0.29, 0.717) is 21.6 Å². The first-order chi connectivity index (χ1) is 8.09. The molecule has 0 aliphatic rings. The van der Waals surface area contributed by atoms with Crippen LogP contribution in [0.1, 0.15) is 0 Å². The smallest absolute Gasteiger partial charge is 0.154 e. The van der Waals surface area contributed by atoms with Crippen molar-refractivity contribution < 1.29 is 0 Å². The van der Waals surface area contributed by atoms with Gasteiger partial charge in [-0.05, 0) is 12.1 Å². The highest BCUT2D eigenvalue weighted by molar-refractivity contribution is 6.39. The molecule has 2 aromatic rings. The van der Waals surface area contributed by atoms with Crippen LogP contribution in [0.25, 0.3) is 0 Å². The normalized spacial score (nSPS) is 10.3. The van der Waals surface area contributed by atoms with Crippen molar-refractivity contribution in [3.05, 3.63) is 39.6 Å². The second-order valence-corrected chi connectivity index (χ2v) is 4.34. The molecule has 1 aromatic carbocycles. The summed E-state index contributed by atoms with van der Waals surface area (Å²) in [6.45, 7) is 0. The molecule has 3 N–H and O–H groups in total. The zero-order valence-corrected chi connectivity index (χ0v) is 10.7. The average molecular weight is 290 g/mol. The summed E-state index contributed by atoms with van der Waals surface area (Å²) in [5.74, 6) is 0.543. The van der Waals surface area contributed by atoms with Crippen LogP contribution in [0, 0.1) is 0 Å². The van der Waals surface area contributed by atoms with Gasteiger partial charge in [-0.2, -0.15) is 0 Å². The molecule has 0 unspecified atom stereocenters. The predicted molar refractivity (Wildman–Crippen MR) is 71.2 cm³/mol. The molecule has 1 heterocycles. The summed E-state index contributed by atoms with van der Waals surface area (Å²) in [7, 11) is 0. The first-order valence-corrected chi connectivity index (χ1v) is 5.70. The fourth-order valence-electron chi connectivity index (χ4n) is 1.21. The Morgan fingerprint density at radius 2 is 1.71 bits per heavy atom. The fourth-order valence-corrected chi connectivity index (χ4v) is 1.84. The number of para-hydroxylation sites is 1. The van der Waals surface area contributed by atoms with Crippen molar-refractivity contribution in [1.29, 1.82) is 0 Å². The number of benzene rings is 1. The maximum atomic E-state index is 6.01. The molecule has 0 aliphatic carbocycles. The summed E-state index contributed by atoms with van der Waals surface area (Å²) in [5.41, 5.74) is 6.09. The monoisotopic (exact) mass is 288 g/mol. The molecular weight excluding hydrogens is 282 g/mol. The van der Waals surface area contributed by atoms with Crippen LogP contribution >= 0.6 is 34.8 Å². The van der Waals surface area contributed by atoms with Gasteiger partial charge in [0.1, 0.15) is 17.2 Å². The number of nitrogen functional groups attached to an aromatic ring is 1. The molecule has 7 heteroatoms. The Hall–Kier alpha value is -1.23. The second kappa shape index (κ2) is 4.96. The average Bonchev–Trinajstić information content (AvgIpc) is 2.29. The zero-order chi connectivity index (χ0) is 12.4. The first-order valence-electron chi connectivity index (χ1n) is 4.56. The highest BCUT2D eigenvalue weighted by Crippen LogP contribution is 2.34. The number of hydrogen-bond donors (Lipinski definition) is 2. The van der Waals surface area contributed by atoms with Gasteiger partial charge < -0.3 is 11.1 Å². The Balaban J connectivity index is 2.42. The maximum Gasteiger partial charge on any atom is 0.154 e. The van der Waals surface area contributed by atoms with Crippen LogP contribution in [0.3, 0.4) is 0 Å². The highest BCUT2D eigenvalue weighted by Gasteiger charge is 2.10. The number of halogens is 3. The van der Waals surface area contributed by atoms with E-state index in [2.05, 4.69) is 15.3 Å². The number of rotatable bonds is 2. The van der Waals surface area contributed by atoms with Gasteiger partial charge in [-0.1, -0.05) is 40.9 Å². The minimum Gasteiger partial charge on any atom is -0.382 e. The van der Waals surface area contributed by atoms with Crippen LogP contribution in [0.4, 0.5) is 17.3 Å². The number of hydrogen-bond acceptors (Lipinski definition) is 4.